The smallest absolute Gasteiger partial charge is 0.157 e. The van der Waals surface area contributed by atoms with Gasteiger partial charge in [0.1, 0.15) is 0 Å². The fourth-order valence-electron chi connectivity index (χ4n) is 2.53. The van der Waals surface area contributed by atoms with Gasteiger partial charge in [-0.1, -0.05) is 74.0 Å². The molecule has 0 aliphatic rings. The fourth-order valence-corrected chi connectivity index (χ4v) is 2.85. The van der Waals surface area contributed by atoms with Gasteiger partial charge in [0, 0.05) is 18.5 Å². The van der Waals surface area contributed by atoms with Gasteiger partial charge in [-0.3, -0.25) is 0 Å². The molecule has 144 valence electrons. The number of alkyl halides is 1. The first-order valence-electron chi connectivity index (χ1n) is 10.3. The molecule has 0 aromatic heterocycles. The van der Waals surface area contributed by atoms with Crippen LogP contribution in [0.4, 0.5) is 0 Å². The Morgan fingerprint density at radius 2 is 1.29 bits per heavy atom. The van der Waals surface area contributed by atoms with Gasteiger partial charge in [-0.15, -0.1) is 0 Å². The minimum Gasteiger partial charge on any atom is -0.353 e. The van der Waals surface area contributed by atoms with Gasteiger partial charge < -0.3 is 9.47 Å². The SMILES string of the molecule is CCCCCOC(CCCCC/C=C/CCCBr)OCCCCC. The molecule has 0 aliphatic carbocycles. The van der Waals surface area contributed by atoms with Gasteiger partial charge in [-0.25, -0.2) is 0 Å². The van der Waals surface area contributed by atoms with E-state index in [9.17, 15) is 0 Å². The van der Waals surface area contributed by atoms with Gasteiger partial charge in [0.05, 0.1) is 0 Å². The highest BCUT2D eigenvalue weighted by atomic mass is 79.9. The minimum absolute atomic E-state index is 0.0215. The lowest BCUT2D eigenvalue weighted by atomic mass is 10.1. The maximum atomic E-state index is 5.96. The van der Waals surface area contributed by atoms with Crippen molar-refractivity contribution in [1.82, 2.24) is 0 Å². The zero-order valence-corrected chi connectivity index (χ0v) is 17.8. The average molecular weight is 405 g/mol. The van der Waals surface area contributed by atoms with Crippen LogP contribution in [0.25, 0.3) is 0 Å². The summed E-state index contributed by atoms with van der Waals surface area (Å²) in [5.41, 5.74) is 0. The molecule has 0 aromatic rings. The summed E-state index contributed by atoms with van der Waals surface area (Å²) >= 11 is 3.46. The molecule has 0 atom stereocenters. The molecule has 0 amide bonds. The first-order valence-corrected chi connectivity index (χ1v) is 11.4. The van der Waals surface area contributed by atoms with Crippen molar-refractivity contribution in [2.75, 3.05) is 18.5 Å². The van der Waals surface area contributed by atoms with Crippen LogP contribution >= 0.6 is 15.9 Å². The molecule has 3 heteroatoms. The third-order valence-corrected chi connectivity index (χ3v) is 4.65. The van der Waals surface area contributed by atoms with Crippen LogP contribution in [0.5, 0.6) is 0 Å². The molecule has 0 N–H and O–H groups in total. The number of rotatable bonds is 19. The minimum atomic E-state index is 0.0215. The van der Waals surface area contributed by atoms with Crippen LogP contribution < -0.4 is 0 Å². The van der Waals surface area contributed by atoms with Crippen molar-refractivity contribution in [2.24, 2.45) is 0 Å². The highest BCUT2D eigenvalue weighted by molar-refractivity contribution is 9.09. The van der Waals surface area contributed by atoms with Crippen LogP contribution in [-0.2, 0) is 9.47 Å². The number of halogens is 1. The van der Waals surface area contributed by atoms with Crippen molar-refractivity contribution in [3.8, 4) is 0 Å². The van der Waals surface area contributed by atoms with Crippen molar-refractivity contribution in [1.29, 1.82) is 0 Å². The second-order valence-corrected chi connectivity index (χ2v) is 7.32. The fraction of sp³-hybridized carbons (Fsp3) is 0.905. The van der Waals surface area contributed by atoms with E-state index in [1.807, 2.05) is 0 Å². The van der Waals surface area contributed by atoms with E-state index in [0.29, 0.717) is 0 Å². The van der Waals surface area contributed by atoms with E-state index in [-0.39, 0.29) is 6.29 Å². The summed E-state index contributed by atoms with van der Waals surface area (Å²) in [5.74, 6) is 0. The number of allylic oxidation sites excluding steroid dienone is 2. The van der Waals surface area contributed by atoms with Gasteiger partial charge in [-0.05, 0) is 51.4 Å². The summed E-state index contributed by atoms with van der Waals surface area (Å²) < 4.78 is 11.9. The Labute approximate surface area is 159 Å². The van der Waals surface area contributed by atoms with Crippen LogP contribution in [0.2, 0.25) is 0 Å². The summed E-state index contributed by atoms with van der Waals surface area (Å²) in [4.78, 5) is 0. The van der Waals surface area contributed by atoms with Gasteiger partial charge in [0.2, 0.25) is 0 Å². The third kappa shape index (κ3) is 18.5. The molecule has 0 spiro atoms. The maximum absolute atomic E-state index is 5.96. The second-order valence-electron chi connectivity index (χ2n) is 6.53. The standard InChI is InChI=1S/C21H41BrO2/c1-3-5-15-19-23-21(24-20-16-6-4-2)17-13-11-9-7-8-10-12-14-18-22/h8,10,21H,3-7,9,11-20H2,1-2H3/b10-8+. The second kappa shape index (κ2) is 21.2. The summed E-state index contributed by atoms with van der Waals surface area (Å²) in [7, 11) is 0. The molecule has 0 radical (unpaired) electrons. The maximum Gasteiger partial charge on any atom is 0.157 e. The molecule has 0 heterocycles. The quantitative estimate of drug-likeness (QED) is 0.0964. The monoisotopic (exact) mass is 404 g/mol. The number of hydrogen-bond donors (Lipinski definition) is 0. The summed E-state index contributed by atoms with van der Waals surface area (Å²) in [6.07, 6.45) is 20.4. The molecule has 0 saturated heterocycles. The number of unbranched alkanes of at least 4 members (excludes halogenated alkanes) is 8. The van der Waals surface area contributed by atoms with E-state index in [2.05, 4.69) is 41.9 Å². The van der Waals surface area contributed by atoms with Crippen molar-refractivity contribution in [3.63, 3.8) is 0 Å². The van der Waals surface area contributed by atoms with Gasteiger partial charge in [0.25, 0.3) is 0 Å². The Morgan fingerprint density at radius 1 is 0.708 bits per heavy atom. The molecule has 2 nitrogen and oxygen atoms in total. The third-order valence-electron chi connectivity index (χ3n) is 4.08. The first-order chi connectivity index (χ1) is 11.8. The first kappa shape index (κ1) is 24.1. The zero-order valence-electron chi connectivity index (χ0n) is 16.2. The van der Waals surface area contributed by atoms with E-state index < -0.39 is 0 Å². The molecule has 24 heavy (non-hydrogen) atoms. The van der Waals surface area contributed by atoms with E-state index in [4.69, 9.17) is 9.47 Å². The Bertz CT molecular complexity index is 244. The van der Waals surface area contributed by atoms with E-state index in [0.717, 1.165) is 37.8 Å². The van der Waals surface area contributed by atoms with E-state index in [1.54, 1.807) is 0 Å². The van der Waals surface area contributed by atoms with Gasteiger partial charge >= 0.3 is 0 Å². The highest BCUT2D eigenvalue weighted by Crippen LogP contribution is 2.12. The largest absolute Gasteiger partial charge is 0.353 e. The summed E-state index contributed by atoms with van der Waals surface area (Å²) in [6, 6.07) is 0. The van der Waals surface area contributed by atoms with E-state index in [1.165, 1.54) is 64.2 Å². The van der Waals surface area contributed by atoms with Crippen molar-refractivity contribution >= 4 is 15.9 Å². The molecule has 0 rings (SSSR count). The predicted octanol–water partition coefficient (Wildman–Crippen LogP) is 7.41. The Kier molecular flexibility index (Phi) is 21.3. The Morgan fingerprint density at radius 3 is 1.83 bits per heavy atom. The zero-order chi connectivity index (χ0) is 17.7. The normalized spacial score (nSPS) is 11.8. The molecule has 0 bridgehead atoms. The average Bonchev–Trinajstić information content (AvgIpc) is 2.60. The van der Waals surface area contributed by atoms with Crippen molar-refractivity contribution in [3.05, 3.63) is 12.2 Å². The van der Waals surface area contributed by atoms with Crippen molar-refractivity contribution in [2.45, 2.75) is 104 Å². The van der Waals surface area contributed by atoms with Crippen LogP contribution in [-0.4, -0.2) is 24.8 Å². The van der Waals surface area contributed by atoms with Crippen LogP contribution in [0, 0.1) is 0 Å². The predicted molar refractivity (Wildman–Crippen MR) is 110 cm³/mol. The Balaban J connectivity index is 3.70. The number of hydrogen-bond acceptors (Lipinski definition) is 2. The van der Waals surface area contributed by atoms with E-state index >= 15 is 0 Å². The van der Waals surface area contributed by atoms with Crippen LogP contribution in [0.15, 0.2) is 12.2 Å². The molecule has 0 unspecified atom stereocenters. The lowest BCUT2D eigenvalue weighted by molar-refractivity contribution is -0.148. The lowest BCUT2D eigenvalue weighted by Gasteiger charge is -2.18. The molecular formula is C21H41BrO2. The lowest BCUT2D eigenvalue weighted by Crippen LogP contribution is -2.19. The topological polar surface area (TPSA) is 18.5 Å². The molecule has 0 fully saturated rings. The van der Waals surface area contributed by atoms with Gasteiger partial charge in [0.15, 0.2) is 6.29 Å². The molecule has 0 aromatic carbocycles. The molecule has 0 saturated carbocycles. The molecular weight excluding hydrogens is 364 g/mol. The van der Waals surface area contributed by atoms with Gasteiger partial charge in [-0.2, -0.15) is 0 Å². The number of ether oxygens (including phenoxy) is 2. The van der Waals surface area contributed by atoms with Crippen LogP contribution in [0.3, 0.4) is 0 Å². The molecule has 0 aliphatic heterocycles. The van der Waals surface area contributed by atoms with Crippen LogP contribution in [0.1, 0.15) is 97.3 Å². The summed E-state index contributed by atoms with van der Waals surface area (Å²) in [6.45, 7) is 6.16. The highest BCUT2D eigenvalue weighted by Gasteiger charge is 2.08. The summed E-state index contributed by atoms with van der Waals surface area (Å²) in [5, 5.41) is 1.11. The van der Waals surface area contributed by atoms with Crippen molar-refractivity contribution < 1.29 is 9.47 Å². The Hall–Kier alpha value is 0.140.